The van der Waals surface area contributed by atoms with Crippen molar-refractivity contribution in [3.8, 4) is 11.5 Å². The van der Waals surface area contributed by atoms with Crippen molar-refractivity contribution >= 4 is 40.1 Å². The molecule has 4 heterocycles. The second-order valence-corrected chi connectivity index (χ2v) is 12.6. The fourth-order valence-corrected chi connectivity index (χ4v) is 8.06. The fraction of sp³-hybridized carbons (Fsp3) is 0.267. The Morgan fingerprint density at radius 3 is 2.68 bits per heavy atom. The molecule has 1 fully saturated rings. The lowest BCUT2D eigenvalue weighted by atomic mass is 10.1. The van der Waals surface area contributed by atoms with Crippen LogP contribution < -0.4 is 20.7 Å². The van der Waals surface area contributed by atoms with Gasteiger partial charge in [-0.2, -0.15) is 0 Å². The molecule has 0 aliphatic carbocycles. The van der Waals surface area contributed by atoms with E-state index < -0.39 is 16.9 Å². The minimum Gasteiger partial charge on any atom is -0.457 e. The van der Waals surface area contributed by atoms with Gasteiger partial charge in [0.2, 0.25) is 5.91 Å². The molecule has 11 heteroatoms. The van der Waals surface area contributed by atoms with E-state index in [-0.39, 0.29) is 17.9 Å². The van der Waals surface area contributed by atoms with Gasteiger partial charge in [-0.25, -0.2) is 4.79 Å². The lowest BCUT2D eigenvalue weighted by molar-refractivity contribution is -0.131. The maximum Gasteiger partial charge on any atom is 0.323 e. The summed E-state index contributed by atoms with van der Waals surface area (Å²) in [5.41, 5.74) is 2.83. The third kappa shape index (κ3) is 5.25. The molecule has 10 nitrogen and oxygen atoms in total. The molecule has 3 aliphatic rings. The lowest BCUT2D eigenvalue weighted by Gasteiger charge is -2.24. The number of hydrogen-bond donors (Lipinski definition) is 4. The number of amides is 4. The summed E-state index contributed by atoms with van der Waals surface area (Å²) in [7, 11) is 2.33. The van der Waals surface area contributed by atoms with Crippen LogP contribution in [0.5, 0.6) is 11.5 Å². The zero-order chi connectivity index (χ0) is 28.7. The SMILES string of the molecule is Cc1cc(Oc2ccccc2)ccc1[SH]1C(C(=O)NC2CCN(C(=O)CN(C)C)C2)=C2NC(=O)Nc3ccnc1c32. The van der Waals surface area contributed by atoms with E-state index in [0.717, 1.165) is 26.8 Å². The minimum atomic E-state index is -1.39. The zero-order valence-corrected chi connectivity index (χ0v) is 24.0. The van der Waals surface area contributed by atoms with Gasteiger partial charge in [0, 0.05) is 30.2 Å². The molecule has 212 valence electrons. The van der Waals surface area contributed by atoms with Gasteiger partial charge in [0.05, 0.1) is 33.4 Å². The highest BCUT2D eigenvalue weighted by atomic mass is 32.2. The highest BCUT2D eigenvalue weighted by Crippen LogP contribution is 2.61. The number of carbonyl (C=O) groups is 3. The Morgan fingerprint density at radius 1 is 1.12 bits per heavy atom. The molecule has 0 spiro atoms. The molecule has 0 bridgehead atoms. The minimum absolute atomic E-state index is 0.0391. The first-order valence-corrected chi connectivity index (χ1v) is 14.8. The van der Waals surface area contributed by atoms with Gasteiger partial charge in [-0.15, -0.1) is 10.9 Å². The van der Waals surface area contributed by atoms with Crippen molar-refractivity contribution in [3.05, 3.63) is 76.8 Å². The van der Waals surface area contributed by atoms with Crippen molar-refractivity contribution in [3.63, 3.8) is 0 Å². The third-order valence-electron chi connectivity index (χ3n) is 7.27. The predicted molar refractivity (Wildman–Crippen MR) is 158 cm³/mol. The number of urea groups is 1. The zero-order valence-electron chi connectivity index (χ0n) is 23.1. The maximum absolute atomic E-state index is 14.1. The molecule has 3 N–H and O–H groups in total. The average molecular weight is 573 g/mol. The second kappa shape index (κ2) is 10.9. The van der Waals surface area contributed by atoms with Crippen molar-refractivity contribution in [1.82, 2.24) is 25.4 Å². The summed E-state index contributed by atoms with van der Waals surface area (Å²) >= 11 is 0. The molecule has 6 rings (SSSR count). The van der Waals surface area contributed by atoms with Gasteiger partial charge in [-0.1, -0.05) is 18.2 Å². The van der Waals surface area contributed by atoms with Crippen LogP contribution >= 0.6 is 10.9 Å². The Morgan fingerprint density at radius 2 is 1.93 bits per heavy atom. The predicted octanol–water partition coefficient (Wildman–Crippen LogP) is 3.70. The molecule has 0 radical (unpaired) electrons. The van der Waals surface area contributed by atoms with Crippen molar-refractivity contribution in [2.75, 3.05) is 39.0 Å². The van der Waals surface area contributed by atoms with E-state index >= 15 is 0 Å². The summed E-state index contributed by atoms with van der Waals surface area (Å²) in [5, 5.41) is 9.67. The Kier molecular flexibility index (Phi) is 7.14. The van der Waals surface area contributed by atoms with Crippen LogP contribution in [0.25, 0.3) is 5.70 Å². The van der Waals surface area contributed by atoms with Gasteiger partial charge in [0.15, 0.2) is 0 Å². The number of benzene rings is 2. The Bertz CT molecular complexity index is 1570. The average Bonchev–Trinajstić information content (AvgIpc) is 3.53. The van der Waals surface area contributed by atoms with Crippen LogP contribution in [0.4, 0.5) is 10.5 Å². The normalized spacial score (nSPS) is 20.0. The number of likely N-dealkylation sites (N-methyl/N-ethyl adjacent to an activating group) is 1. The topological polar surface area (TPSA) is 116 Å². The second-order valence-electron chi connectivity index (χ2n) is 10.6. The van der Waals surface area contributed by atoms with Crippen LogP contribution in [0.15, 0.2) is 75.6 Å². The van der Waals surface area contributed by atoms with Crippen molar-refractivity contribution < 1.29 is 19.1 Å². The molecule has 4 amide bonds. The molecule has 0 saturated carbocycles. The van der Waals surface area contributed by atoms with Crippen molar-refractivity contribution in [2.45, 2.75) is 29.3 Å². The van der Waals surface area contributed by atoms with Crippen LogP contribution in [0.2, 0.25) is 0 Å². The number of carbonyl (C=O) groups excluding carboxylic acids is 3. The van der Waals surface area contributed by atoms with E-state index in [2.05, 4.69) is 16.0 Å². The number of para-hydroxylation sites is 1. The van der Waals surface area contributed by atoms with E-state index in [1.807, 2.05) is 74.4 Å². The van der Waals surface area contributed by atoms with E-state index in [9.17, 15) is 14.4 Å². The summed E-state index contributed by atoms with van der Waals surface area (Å²) in [4.78, 5) is 49.0. The van der Waals surface area contributed by atoms with Crippen LogP contribution in [0, 0.1) is 6.92 Å². The first kappa shape index (κ1) is 26.9. The van der Waals surface area contributed by atoms with Crippen LogP contribution in [0.3, 0.4) is 0 Å². The van der Waals surface area contributed by atoms with Gasteiger partial charge < -0.3 is 30.5 Å². The summed E-state index contributed by atoms with van der Waals surface area (Å²) in [6.07, 6.45) is 2.33. The number of nitrogens with one attached hydrogen (secondary N) is 3. The summed E-state index contributed by atoms with van der Waals surface area (Å²) in [5.74, 6) is 1.21. The quantitative estimate of drug-likeness (QED) is 0.321. The van der Waals surface area contributed by atoms with Crippen LogP contribution in [-0.4, -0.2) is 72.4 Å². The highest BCUT2D eigenvalue weighted by Gasteiger charge is 2.41. The molecule has 1 aromatic heterocycles. The third-order valence-corrected chi connectivity index (χ3v) is 9.89. The first-order valence-electron chi connectivity index (χ1n) is 13.5. The maximum atomic E-state index is 14.1. The number of aryl methyl sites for hydroxylation is 1. The summed E-state index contributed by atoms with van der Waals surface area (Å²) in [6.45, 7) is 3.36. The van der Waals surface area contributed by atoms with E-state index in [4.69, 9.17) is 9.72 Å². The van der Waals surface area contributed by atoms with Crippen LogP contribution in [-0.2, 0) is 9.59 Å². The summed E-state index contributed by atoms with van der Waals surface area (Å²) < 4.78 is 6.05. The number of pyridine rings is 1. The number of hydrogen-bond acceptors (Lipinski definition) is 6. The van der Waals surface area contributed by atoms with E-state index in [1.165, 1.54) is 0 Å². The molecule has 41 heavy (non-hydrogen) atoms. The number of aromatic nitrogens is 1. The fourth-order valence-electron chi connectivity index (χ4n) is 5.44. The molecular weight excluding hydrogens is 540 g/mol. The highest BCUT2D eigenvalue weighted by molar-refractivity contribution is 8.21. The van der Waals surface area contributed by atoms with E-state index in [1.54, 1.807) is 17.2 Å². The molecular formula is C30H32N6O4S. The Hall–Kier alpha value is -4.35. The molecule has 2 aromatic carbocycles. The standard InChI is InChI=1S/C30H32N6O4S/c1-18-15-21(40-20-7-5-4-6-8-20)9-10-23(18)41-27(26-25-22(33-30(39)34-26)11-13-31-29(25)41)28(38)32-19-12-14-36(16-19)24(37)17-35(2)3/h4-11,13,15,19,41H,12,14,16-17H2,1-3H3,(H,32,38)(H2,33,34,39). The van der Waals surface area contributed by atoms with Gasteiger partial charge in [0.1, 0.15) is 11.5 Å². The van der Waals surface area contributed by atoms with Crippen molar-refractivity contribution in [1.29, 1.82) is 0 Å². The number of nitrogens with zero attached hydrogens (tertiary/aromatic N) is 3. The number of anilines is 1. The number of rotatable bonds is 7. The lowest BCUT2D eigenvalue weighted by Crippen LogP contribution is -2.41. The molecule has 3 aliphatic heterocycles. The molecule has 3 aromatic rings. The smallest absolute Gasteiger partial charge is 0.323 e. The summed E-state index contributed by atoms with van der Waals surface area (Å²) in [6, 6.07) is 16.6. The van der Waals surface area contributed by atoms with Crippen molar-refractivity contribution in [2.24, 2.45) is 0 Å². The molecule has 2 atom stereocenters. The van der Waals surface area contributed by atoms with Gasteiger partial charge in [-0.05, 0) is 69.4 Å². The Balaban J connectivity index is 1.33. The van der Waals surface area contributed by atoms with E-state index in [0.29, 0.717) is 48.1 Å². The van der Waals surface area contributed by atoms with Gasteiger partial charge in [-0.3, -0.25) is 14.6 Å². The Labute approximate surface area is 241 Å². The molecule has 2 unspecified atom stereocenters. The van der Waals surface area contributed by atoms with Gasteiger partial charge >= 0.3 is 6.03 Å². The first-order chi connectivity index (χ1) is 19.8. The number of ether oxygens (including phenoxy) is 1. The van der Waals surface area contributed by atoms with Crippen LogP contribution in [0.1, 0.15) is 17.5 Å². The molecule has 1 saturated heterocycles. The largest absolute Gasteiger partial charge is 0.457 e. The number of likely N-dealkylation sites (tertiary alicyclic amines) is 1. The number of thiol groups is 1. The monoisotopic (exact) mass is 572 g/mol. The van der Waals surface area contributed by atoms with Gasteiger partial charge in [0.25, 0.3) is 5.91 Å².